The quantitative estimate of drug-likeness (QED) is 0.151. The van der Waals surface area contributed by atoms with E-state index in [2.05, 4.69) is 28.0 Å². The average molecular weight is 514 g/mol. The Morgan fingerprint density at radius 2 is 1.50 bits per heavy atom. The Morgan fingerprint density at radius 3 is 2.25 bits per heavy atom. The van der Waals surface area contributed by atoms with E-state index in [4.69, 9.17) is 11.6 Å². The predicted molar refractivity (Wildman–Crippen MR) is 148 cm³/mol. The number of hydrogen-bond acceptors (Lipinski definition) is 4. The summed E-state index contributed by atoms with van der Waals surface area (Å²) in [5.74, 6) is 0.276. The van der Waals surface area contributed by atoms with Gasteiger partial charge in [-0.1, -0.05) is 60.1 Å². The highest BCUT2D eigenvalue weighted by Gasteiger charge is 2.09. The number of nitrogens with one attached hydrogen (secondary N) is 2. The van der Waals surface area contributed by atoms with Crippen LogP contribution in [0.15, 0.2) is 113 Å². The van der Waals surface area contributed by atoms with Crippen molar-refractivity contribution in [2.45, 2.75) is 17.6 Å². The van der Waals surface area contributed by atoms with Gasteiger partial charge in [0.05, 0.1) is 5.71 Å². The lowest BCUT2D eigenvalue weighted by molar-refractivity contribution is 0.0954. The van der Waals surface area contributed by atoms with Crippen molar-refractivity contribution in [3.8, 4) is 0 Å². The number of hydrogen-bond donors (Lipinski definition) is 2. The van der Waals surface area contributed by atoms with E-state index in [1.54, 1.807) is 67.2 Å². The number of thioether (sulfide) groups is 1. The molecule has 4 aromatic rings. The fraction of sp³-hybridized carbons (Fsp3) is 0.0690. The van der Waals surface area contributed by atoms with Gasteiger partial charge in [-0.05, 0) is 72.6 Å². The molecule has 0 saturated heterocycles. The largest absolute Gasteiger partial charge is 0.322 e. The fourth-order valence-corrected chi connectivity index (χ4v) is 4.42. The molecule has 0 saturated carbocycles. The number of hydrazone groups is 1. The molecule has 0 fully saturated rings. The first-order valence-electron chi connectivity index (χ1n) is 11.3. The van der Waals surface area contributed by atoms with Crippen molar-refractivity contribution in [3.63, 3.8) is 0 Å². The summed E-state index contributed by atoms with van der Waals surface area (Å²) in [4.78, 5) is 26.3. The molecule has 0 aromatic heterocycles. The summed E-state index contributed by atoms with van der Waals surface area (Å²) >= 11 is 7.73. The maximum atomic E-state index is 12.6. The van der Waals surface area contributed by atoms with Crippen LogP contribution in [0.1, 0.15) is 38.8 Å². The zero-order valence-corrected chi connectivity index (χ0v) is 21.1. The molecule has 0 radical (unpaired) electrons. The minimum absolute atomic E-state index is 0.261. The van der Waals surface area contributed by atoms with E-state index in [-0.39, 0.29) is 11.8 Å². The molecule has 180 valence electrons. The maximum Gasteiger partial charge on any atom is 0.271 e. The molecule has 7 heteroatoms. The summed E-state index contributed by atoms with van der Waals surface area (Å²) < 4.78 is 0. The Morgan fingerprint density at radius 1 is 0.778 bits per heavy atom. The van der Waals surface area contributed by atoms with E-state index in [0.29, 0.717) is 27.5 Å². The van der Waals surface area contributed by atoms with Gasteiger partial charge in [0, 0.05) is 32.5 Å². The van der Waals surface area contributed by atoms with Crippen LogP contribution in [-0.2, 0) is 5.75 Å². The SMILES string of the molecule is C/C(=N\NC(=O)c1ccc(CSc2ccccc2)cc1)c1cccc(NC(=O)c2cccc(Cl)c2)c1. The number of nitrogens with zero attached hydrogens (tertiary/aromatic N) is 1. The molecular weight excluding hydrogens is 490 g/mol. The number of carbonyl (C=O) groups is 2. The minimum Gasteiger partial charge on any atom is -0.322 e. The zero-order valence-electron chi connectivity index (χ0n) is 19.6. The second-order valence-corrected chi connectivity index (χ2v) is 9.47. The number of benzene rings is 4. The van der Waals surface area contributed by atoms with Gasteiger partial charge in [0.2, 0.25) is 0 Å². The molecule has 36 heavy (non-hydrogen) atoms. The number of rotatable bonds is 8. The third kappa shape index (κ3) is 7.07. The highest BCUT2D eigenvalue weighted by Crippen LogP contribution is 2.22. The molecular formula is C29H24ClN3O2S. The van der Waals surface area contributed by atoms with Gasteiger partial charge >= 0.3 is 0 Å². The van der Waals surface area contributed by atoms with Gasteiger partial charge in [-0.2, -0.15) is 5.10 Å². The lowest BCUT2D eigenvalue weighted by Crippen LogP contribution is -2.19. The third-order valence-corrected chi connectivity index (χ3v) is 6.63. The second kappa shape index (κ2) is 12.2. The first-order chi connectivity index (χ1) is 17.5. The van der Waals surface area contributed by atoms with Crippen molar-refractivity contribution in [2.75, 3.05) is 5.32 Å². The van der Waals surface area contributed by atoms with E-state index < -0.39 is 0 Å². The van der Waals surface area contributed by atoms with Crippen molar-refractivity contribution < 1.29 is 9.59 Å². The Labute approximate surface area is 219 Å². The van der Waals surface area contributed by atoms with Crippen molar-refractivity contribution in [3.05, 3.63) is 130 Å². The monoisotopic (exact) mass is 513 g/mol. The van der Waals surface area contributed by atoms with Gasteiger partial charge in [-0.25, -0.2) is 5.43 Å². The van der Waals surface area contributed by atoms with Crippen molar-refractivity contribution in [2.24, 2.45) is 5.10 Å². The Hall–Kier alpha value is -3.87. The van der Waals surface area contributed by atoms with Crippen LogP contribution in [0.4, 0.5) is 5.69 Å². The summed E-state index contributed by atoms with van der Waals surface area (Å²) in [7, 11) is 0. The molecule has 4 aromatic carbocycles. The summed E-state index contributed by atoms with van der Waals surface area (Å²) in [6.07, 6.45) is 0. The zero-order chi connectivity index (χ0) is 25.3. The van der Waals surface area contributed by atoms with Crippen LogP contribution in [0.3, 0.4) is 0 Å². The Balaban J connectivity index is 1.34. The lowest BCUT2D eigenvalue weighted by atomic mass is 10.1. The molecule has 0 atom stereocenters. The first kappa shape index (κ1) is 25.2. The van der Waals surface area contributed by atoms with Gasteiger partial charge in [-0.3, -0.25) is 9.59 Å². The van der Waals surface area contributed by atoms with Crippen LogP contribution >= 0.6 is 23.4 Å². The molecule has 0 unspecified atom stereocenters. The molecule has 0 aliphatic rings. The van der Waals surface area contributed by atoms with Gasteiger partial charge in [0.25, 0.3) is 11.8 Å². The topological polar surface area (TPSA) is 70.6 Å². The van der Waals surface area contributed by atoms with Crippen LogP contribution in [0, 0.1) is 0 Å². The molecule has 4 rings (SSSR count). The van der Waals surface area contributed by atoms with Crippen molar-refractivity contribution in [1.29, 1.82) is 0 Å². The average Bonchev–Trinajstić information content (AvgIpc) is 2.91. The molecule has 5 nitrogen and oxygen atoms in total. The van der Waals surface area contributed by atoms with Gasteiger partial charge < -0.3 is 5.32 Å². The molecule has 2 N–H and O–H groups in total. The Bertz CT molecular complexity index is 1390. The minimum atomic E-state index is -0.290. The number of amides is 2. The van der Waals surface area contributed by atoms with Gasteiger partial charge in [0.1, 0.15) is 0 Å². The fourth-order valence-electron chi connectivity index (χ4n) is 3.35. The van der Waals surface area contributed by atoms with Gasteiger partial charge in [-0.15, -0.1) is 11.8 Å². The molecule has 0 heterocycles. The summed E-state index contributed by atoms with van der Waals surface area (Å²) in [5.41, 5.74) is 6.74. The van der Waals surface area contributed by atoms with Crippen molar-refractivity contribution in [1.82, 2.24) is 5.43 Å². The summed E-state index contributed by atoms with van der Waals surface area (Å²) in [6.45, 7) is 1.79. The molecule has 0 aliphatic heterocycles. The van der Waals surface area contributed by atoms with Crippen LogP contribution in [-0.4, -0.2) is 17.5 Å². The second-order valence-electron chi connectivity index (χ2n) is 7.98. The number of anilines is 1. The highest BCUT2D eigenvalue weighted by molar-refractivity contribution is 7.98. The molecule has 0 bridgehead atoms. The standard InChI is InChI=1S/C29H24ClN3O2S/c1-20(23-7-6-10-26(18-23)31-28(34)24-8-5-9-25(30)17-24)32-33-29(35)22-15-13-21(14-16-22)19-36-27-11-3-2-4-12-27/h2-18H,19H2,1H3,(H,31,34)(H,33,35)/b32-20+. The van der Waals surface area contributed by atoms with Crippen molar-refractivity contribution >= 4 is 46.6 Å². The van der Waals surface area contributed by atoms with E-state index in [9.17, 15) is 9.59 Å². The van der Waals surface area contributed by atoms with E-state index in [0.717, 1.165) is 16.9 Å². The van der Waals surface area contributed by atoms with E-state index >= 15 is 0 Å². The van der Waals surface area contributed by atoms with Gasteiger partial charge in [0.15, 0.2) is 0 Å². The maximum absolute atomic E-state index is 12.6. The summed E-state index contributed by atoms with van der Waals surface area (Å²) in [6, 6.07) is 31.7. The normalized spacial score (nSPS) is 11.1. The number of carbonyl (C=O) groups excluding carboxylic acids is 2. The summed E-state index contributed by atoms with van der Waals surface area (Å²) in [5, 5.41) is 7.59. The van der Waals surface area contributed by atoms with Crippen LogP contribution in [0.2, 0.25) is 5.02 Å². The molecule has 2 amide bonds. The first-order valence-corrected chi connectivity index (χ1v) is 12.6. The number of halogens is 1. The van der Waals surface area contributed by atoms with E-state index in [1.807, 2.05) is 42.5 Å². The third-order valence-electron chi connectivity index (χ3n) is 5.32. The smallest absolute Gasteiger partial charge is 0.271 e. The van der Waals surface area contributed by atoms with Crippen LogP contribution < -0.4 is 10.7 Å². The molecule has 0 spiro atoms. The van der Waals surface area contributed by atoms with Crippen LogP contribution in [0.25, 0.3) is 0 Å². The molecule has 0 aliphatic carbocycles. The van der Waals surface area contributed by atoms with E-state index in [1.165, 1.54) is 4.90 Å². The predicted octanol–water partition coefficient (Wildman–Crippen LogP) is 7.04. The highest BCUT2D eigenvalue weighted by atomic mass is 35.5. The Kier molecular flexibility index (Phi) is 8.55. The lowest BCUT2D eigenvalue weighted by Gasteiger charge is -2.08. The van der Waals surface area contributed by atoms with Crippen LogP contribution in [0.5, 0.6) is 0 Å².